The maximum absolute atomic E-state index is 12.3. The summed E-state index contributed by atoms with van der Waals surface area (Å²) < 4.78 is 114. The highest BCUT2D eigenvalue weighted by atomic mass is 16.8. The molecular formula is C69H112N2O47. The molecule has 0 saturated carbocycles. The van der Waals surface area contributed by atoms with Crippen LogP contribution < -0.4 is 15.8 Å². The topological polar surface area (TPSA) is 766 Å². The number of hydrogen-bond donors (Lipinski definition) is 28. The summed E-state index contributed by atoms with van der Waals surface area (Å²) in [6.07, 6.45) is -85.9. The minimum atomic E-state index is -2.30. The average Bonchev–Trinajstić information content (AvgIpc) is 1.02. The van der Waals surface area contributed by atoms with Crippen molar-refractivity contribution in [2.75, 3.05) is 73.7 Å². The molecule has 29 N–H and O–H groups in total. The van der Waals surface area contributed by atoms with Gasteiger partial charge in [0, 0.05) is 25.7 Å². The lowest BCUT2D eigenvalue weighted by Crippen LogP contribution is -2.68. The SMILES string of the molecule is COC1C(CO)OC(OC2C(CO)OC(OC3C(CO)OC(OC4C(CO)OC(OC5C(CO)OC(OC6C(CO)OC(OC7C(CO)OC(OC8C(CO)OC(OC9C(CO)OC(Oc%10ccc(CC%11NC(=O)C(N)C%11(C)C)cc%10)C(O)C9O)C(OC)C8O)C(O)C7O)C(O)C6O)C(O)C5O)C(O)C4O)C(O)C3O)C(O)C2O)C(O)C1O. The van der Waals surface area contributed by atoms with Crippen LogP contribution in [0.5, 0.6) is 5.75 Å². The maximum Gasteiger partial charge on any atom is 0.237 e. The summed E-state index contributed by atoms with van der Waals surface area (Å²) in [6.45, 7) is -5.26. The number of benzene rings is 1. The van der Waals surface area contributed by atoms with Crippen LogP contribution in [0.3, 0.4) is 0 Å². The number of carbonyl (C=O) groups excluding carboxylic acids is 1. The van der Waals surface area contributed by atoms with Crippen LogP contribution in [0, 0.1) is 5.41 Å². The third-order valence-electron chi connectivity index (χ3n) is 23.2. The average molecular weight is 1720 g/mol. The Morgan fingerprint density at radius 1 is 0.305 bits per heavy atom. The third kappa shape index (κ3) is 19.5. The normalized spacial score (nSPS) is 49.6. The van der Waals surface area contributed by atoms with Gasteiger partial charge in [-0.05, 0) is 24.1 Å². The van der Waals surface area contributed by atoms with E-state index >= 15 is 0 Å². The quantitative estimate of drug-likeness (QED) is 0.0328. The fraction of sp³-hybridized carbons (Fsp3) is 0.899. The summed E-state index contributed by atoms with van der Waals surface area (Å²) in [7, 11) is 2.27. The second kappa shape index (κ2) is 41.0. The van der Waals surface area contributed by atoms with Gasteiger partial charge >= 0.3 is 0 Å². The molecule has 680 valence electrons. The molecule has 10 saturated heterocycles. The van der Waals surface area contributed by atoms with E-state index in [1.165, 1.54) is 7.11 Å². The first kappa shape index (κ1) is 95.3. The van der Waals surface area contributed by atoms with Crippen molar-refractivity contribution in [1.82, 2.24) is 5.32 Å². The fourth-order valence-corrected chi connectivity index (χ4v) is 16.0. The zero-order valence-corrected chi connectivity index (χ0v) is 63.8. The third-order valence-corrected chi connectivity index (χ3v) is 23.2. The molecule has 10 aliphatic heterocycles. The Kier molecular flexibility index (Phi) is 33.1. The van der Waals surface area contributed by atoms with Crippen LogP contribution in [-0.4, -0.2) is 501 Å². The predicted molar refractivity (Wildman–Crippen MR) is 369 cm³/mol. The summed E-state index contributed by atoms with van der Waals surface area (Å²) in [5.74, 6) is -0.0911. The molecule has 10 fully saturated rings. The van der Waals surface area contributed by atoms with Crippen molar-refractivity contribution in [3.63, 3.8) is 0 Å². The lowest BCUT2D eigenvalue weighted by Gasteiger charge is -2.50. The van der Waals surface area contributed by atoms with Crippen LogP contribution in [0.2, 0.25) is 0 Å². The van der Waals surface area contributed by atoms with E-state index in [0.29, 0.717) is 6.42 Å². The second-order valence-electron chi connectivity index (χ2n) is 30.9. The number of carbonyl (C=O) groups is 1. The van der Waals surface area contributed by atoms with Crippen LogP contribution in [0.25, 0.3) is 0 Å². The van der Waals surface area contributed by atoms with Gasteiger partial charge in [0.25, 0.3) is 0 Å². The number of nitrogens with one attached hydrogen (secondary N) is 1. The summed E-state index contributed by atoms with van der Waals surface area (Å²) in [6, 6.07) is 5.57. The van der Waals surface area contributed by atoms with Gasteiger partial charge in [-0.1, -0.05) is 26.0 Å². The molecule has 0 radical (unpaired) electrons. The van der Waals surface area contributed by atoms with Gasteiger partial charge in [0.1, 0.15) is 225 Å². The molecule has 0 bridgehead atoms. The van der Waals surface area contributed by atoms with Crippen molar-refractivity contribution in [3.05, 3.63) is 29.8 Å². The van der Waals surface area contributed by atoms with Crippen LogP contribution in [-0.2, 0) is 101 Å². The van der Waals surface area contributed by atoms with Gasteiger partial charge in [-0.2, -0.15) is 0 Å². The first-order valence-corrected chi connectivity index (χ1v) is 38.2. The van der Waals surface area contributed by atoms with E-state index in [1.54, 1.807) is 24.3 Å². The van der Waals surface area contributed by atoms with Gasteiger partial charge in [-0.25, -0.2) is 0 Å². The Morgan fingerprint density at radius 2 is 0.517 bits per heavy atom. The van der Waals surface area contributed by atoms with Crippen molar-refractivity contribution in [1.29, 1.82) is 0 Å². The van der Waals surface area contributed by atoms with Crippen molar-refractivity contribution in [2.45, 2.75) is 309 Å². The van der Waals surface area contributed by atoms with Crippen molar-refractivity contribution in [2.24, 2.45) is 11.1 Å². The van der Waals surface area contributed by atoms with E-state index in [-0.39, 0.29) is 17.7 Å². The van der Waals surface area contributed by atoms with Crippen molar-refractivity contribution < 1.29 is 232 Å². The Balaban J connectivity index is 0.653. The molecule has 118 heavy (non-hydrogen) atoms. The van der Waals surface area contributed by atoms with E-state index in [2.05, 4.69) is 5.32 Å². The molecule has 1 aromatic carbocycles. The van der Waals surface area contributed by atoms with Gasteiger partial charge in [-0.15, -0.1) is 0 Å². The zero-order valence-electron chi connectivity index (χ0n) is 63.8. The second-order valence-corrected chi connectivity index (χ2v) is 30.9. The number of nitrogens with two attached hydrogens (primary N) is 1. The highest BCUT2D eigenvalue weighted by Gasteiger charge is 2.61. The first-order chi connectivity index (χ1) is 56.1. The Morgan fingerprint density at radius 3 is 0.754 bits per heavy atom. The number of aliphatic hydroxyl groups excluding tert-OH is 26. The van der Waals surface area contributed by atoms with Crippen LogP contribution in [0.4, 0.5) is 0 Å². The highest BCUT2D eigenvalue weighted by Crippen LogP contribution is 2.41. The lowest BCUT2D eigenvalue weighted by atomic mass is 9.79. The van der Waals surface area contributed by atoms with E-state index in [4.69, 9.17) is 100 Å². The minimum Gasteiger partial charge on any atom is -0.462 e. The van der Waals surface area contributed by atoms with Gasteiger partial charge in [0.05, 0.1) is 65.5 Å². The van der Waals surface area contributed by atoms with E-state index in [9.17, 15) is 138 Å². The molecule has 0 aliphatic carbocycles. The number of ether oxygens (including phenoxy) is 20. The Labute approximate surface area is 670 Å². The summed E-state index contributed by atoms with van der Waals surface area (Å²) in [4.78, 5) is 12.3. The minimum absolute atomic E-state index is 0.180. The molecule has 0 spiro atoms. The fourth-order valence-electron chi connectivity index (χ4n) is 16.0. The Hall–Kier alpha value is -3.35. The summed E-state index contributed by atoms with van der Waals surface area (Å²) in [5.41, 5.74) is 6.35. The number of aliphatic hydroxyl groups is 26. The van der Waals surface area contributed by atoms with Gasteiger partial charge < -0.3 is 239 Å². The zero-order chi connectivity index (χ0) is 86.1. The molecule has 49 heteroatoms. The smallest absolute Gasteiger partial charge is 0.237 e. The molecule has 0 aromatic heterocycles. The highest BCUT2D eigenvalue weighted by molar-refractivity contribution is 5.85. The van der Waals surface area contributed by atoms with Crippen molar-refractivity contribution in [3.8, 4) is 5.75 Å². The molecule has 10 heterocycles. The van der Waals surface area contributed by atoms with E-state index < -0.39 is 347 Å². The first-order valence-electron chi connectivity index (χ1n) is 38.2. The molecule has 47 atom stereocenters. The Bertz CT molecular complexity index is 3230. The number of rotatable bonds is 31. The van der Waals surface area contributed by atoms with Gasteiger partial charge in [0.15, 0.2) is 50.3 Å². The largest absolute Gasteiger partial charge is 0.462 e. The molecule has 11 rings (SSSR count). The molecule has 49 nitrogen and oxygen atoms in total. The standard InChI is InChI=1S/C69H112N2O47/c1-69(2)30(71-59(98)58(69)70)9-19-5-7-20(8-6-19)101-60-40(90)32(82)55(28(17-79)103-60)118-68-57(100-4)47(97)56(29(18-80)110-68)117-67-46(96)38(88)54(27(16-78)109-67)116-66-45(95)37(87)53(26(15-77)108-66)115-65-44(94)36(86)52(25(14-76)107-65)114-64-43(93)35(85)51(24(13-75)106-64)113-63-42(92)34(84)50(23(12-74)105-63)112-62-41(91)33(83)49(22(11-73)104-62)111-61-39(89)31(81)48(99-3)21(10-72)102-61/h5-8,21-58,60-68,72-97H,9-18,70H2,1-4H3,(H,71,98). The van der Waals surface area contributed by atoms with Crippen molar-refractivity contribution >= 4 is 5.91 Å². The van der Waals surface area contributed by atoms with E-state index in [0.717, 1.165) is 12.7 Å². The summed E-state index contributed by atoms with van der Waals surface area (Å²) >= 11 is 0. The molecular weight excluding hydrogens is 1610 g/mol. The van der Waals surface area contributed by atoms with Crippen LogP contribution >= 0.6 is 0 Å². The number of amides is 1. The number of methoxy groups -OCH3 is 2. The van der Waals surface area contributed by atoms with E-state index in [1.807, 2.05) is 13.8 Å². The van der Waals surface area contributed by atoms with Gasteiger partial charge in [-0.3, -0.25) is 4.79 Å². The summed E-state index contributed by atoms with van der Waals surface area (Å²) in [5, 5.41) is 290. The predicted octanol–water partition coefficient (Wildman–Crippen LogP) is -17.8. The lowest BCUT2D eigenvalue weighted by molar-refractivity contribution is -0.400. The number of hydrogen-bond acceptors (Lipinski definition) is 48. The van der Waals surface area contributed by atoms with Crippen LogP contribution in [0.1, 0.15) is 19.4 Å². The molecule has 1 aromatic rings. The maximum atomic E-state index is 12.3. The monoisotopic (exact) mass is 1720 g/mol. The molecule has 10 aliphatic rings. The molecule has 47 unspecified atom stereocenters. The van der Waals surface area contributed by atoms with Gasteiger partial charge in [0.2, 0.25) is 12.2 Å². The molecule has 1 amide bonds. The van der Waals surface area contributed by atoms with Crippen LogP contribution in [0.15, 0.2) is 24.3 Å².